The molecule has 0 aliphatic rings. The second-order valence-electron chi connectivity index (χ2n) is 7.77. The molecule has 0 N–H and O–H groups in total. The third kappa shape index (κ3) is 3.67. The Balaban J connectivity index is 1.93. The van der Waals surface area contributed by atoms with Gasteiger partial charge in [-0.25, -0.2) is 4.98 Å². The highest BCUT2D eigenvalue weighted by Gasteiger charge is 2.15. The van der Waals surface area contributed by atoms with Crippen molar-refractivity contribution >= 4 is 21.7 Å². The normalized spacial score (nSPS) is 12.5. The van der Waals surface area contributed by atoms with Gasteiger partial charge in [0, 0.05) is 23.3 Å². The molecule has 0 fully saturated rings. The third-order valence-corrected chi connectivity index (χ3v) is 5.73. The fraction of sp³-hybridized carbons (Fsp3) is 0.320. The van der Waals surface area contributed by atoms with Crippen molar-refractivity contribution in [2.75, 3.05) is 0 Å². The summed E-state index contributed by atoms with van der Waals surface area (Å²) in [6.45, 7) is 6.28. The second kappa shape index (κ2) is 8.16. The van der Waals surface area contributed by atoms with Crippen LogP contribution < -0.4 is 5.56 Å². The molecule has 0 saturated carbocycles. The Morgan fingerprint density at radius 2 is 1.79 bits per heavy atom. The Labute approximate surface area is 171 Å². The van der Waals surface area contributed by atoms with Gasteiger partial charge in [0.1, 0.15) is 0 Å². The Morgan fingerprint density at radius 3 is 2.48 bits per heavy atom. The fourth-order valence-electron chi connectivity index (χ4n) is 4.15. The van der Waals surface area contributed by atoms with Gasteiger partial charge in [-0.15, -0.1) is 0 Å². The lowest BCUT2D eigenvalue weighted by Crippen LogP contribution is -2.25. The molecule has 1 atom stereocenters. The largest absolute Gasteiger partial charge is 0.296 e. The van der Waals surface area contributed by atoms with Crippen molar-refractivity contribution in [2.24, 2.45) is 0 Å². The van der Waals surface area contributed by atoms with Crippen molar-refractivity contribution in [3.05, 3.63) is 82.2 Å². The van der Waals surface area contributed by atoms with E-state index in [2.05, 4.69) is 37.0 Å². The lowest BCUT2D eigenvalue weighted by atomic mass is 9.96. The van der Waals surface area contributed by atoms with Crippen molar-refractivity contribution in [3.8, 4) is 0 Å². The molecule has 4 heteroatoms. The van der Waals surface area contributed by atoms with Crippen LogP contribution in [-0.2, 0) is 6.42 Å². The maximum absolute atomic E-state index is 13.4. The number of rotatable bonds is 6. The van der Waals surface area contributed by atoms with Crippen LogP contribution in [0.1, 0.15) is 56.0 Å². The van der Waals surface area contributed by atoms with Crippen molar-refractivity contribution < 1.29 is 0 Å². The van der Waals surface area contributed by atoms with E-state index in [-0.39, 0.29) is 11.6 Å². The minimum Gasteiger partial charge on any atom is -0.296 e. The molecule has 0 amide bonds. The summed E-state index contributed by atoms with van der Waals surface area (Å²) in [5, 5.41) is 2.88. The zero-order chi connectivity index (χ0) is 20.4. The highest BCUT2D eigenvalue weighted by Crippen LogP contribution is 2.28. The number of benzene rings is 2. The van der Waals surface area contributed by atoms with Gasteiger partial charge in [-0.3, -0.25) is 14.3 Å². The van der Waals surface area contributed by atoms with Gasteiger partial charge in [0.2, 0.25) is 0 Å². The molecule has 2 aromatic carbocycles. The summed E-state index contributed by atoms with van der Waals surface area (Å²) in [6, 6.07) is 14.6. The van der Waals surface area contributed by atoms with Gasteiger partial charge in [-0.1, -0.05) is 50.6 Å². The van der Waals surface area contributed by atoms with E-state index in [0.29, 0.717) is 5.39 Å². The lowest BCUT2D eigenvalue weighted by Gasteiger charge is -2.18. The van der Waals surface area contributed by atoms with Crippen LogP contribution in [0.2, 0.25) is 0 Å². The van der Waals surface area contributed by atoms with Gasteiger partial charge in [0.25, 0.3) is 5.56 Å². The minimum atomic E-state index is 0.0596. The van der Waals surface area contributed by atoms with E-state index in [9.17, 15) is 4.79 Å². The summed E-state index contributed by atoms with van der Waals surface area (Å²) in [5.74, 6) is 0. The first-order valence-electron chi connectivity index (χ1n) is 10.4. The van der Waals surface area contributed by atoms with E-state index in [1.165, 1.54) is 0 Å². The van der Waals surface area contributed by atoms with Crippen LogP contribution in [0, 0.1) is 6.92 Å². The summed E-state index contributed by atoms with van der Waals surface area (Å²) in [6.07, 6.45) is 7.36. The van der Waals surface area contributed by atoms with Crippen LogP contribution in [0.3, 0.4) is 0 Å². The molecule has 29 heavy (non-hydrogen) atoms. The molecule has 2 aromatic heterocycles. The standard InChI is InChI=1S/C25H27N3O/c1-4-8-20(5-2)28-16-27-24-22-10-7-6-9-21(22)19(14-23(24)25(28)29)13-18-12-11-17(3)26-15-18/h6-7,9-12,14-16,20H,4-5,8,13H2,1-3H3. The average molecular weight is 386 g/mol. The number of hydrogen-bond donors (Lipinski definition) is 0. The maximum atomic E-state index is 13.4. The van der Waals surface area contributed by atoms with Crippen LogP contribution in [0.4, 0.5) is 0 Å². The number of pyridine rings is 1. The smallest absolute Gasteiger partial charge is 0.261 e. The van der Waals surface area contributed by atoms with E-state index in [1.807, 2.05) is 42.0 Å². The Morgan fingerprint density at radius 1 is 1.00 bits per heavy atom. The molecule has 0 aliphatic heterocycles. The van der Waals surface area contributed by atoms with Crippen LogP contribution in [-0.4, -0.2) is 14.5 Å². The molecule has 0 spiro atoms. The number of aryl methyl sites for hydroxylation is 1. The molecule has 0 radical (unpaired) electrons. The number of nitrogens with zero attached hydrogens (tertiary/aromatic N) is 3. The van der Waals surface area contributed by atoms with Crippen LogP contribution in [0.25, 0.3) is 21.7 Å². The van der Waals surface area contributed by atoms with Crippen molar-refractivity contribution in [2.45, 2.75) is 52.5 Å². The predicted octanol–water partition coefficient (Wildman–Crippen LogP) is 5.60. The Kier molecular flexibility index (Phi) is 5.43. The lowest BCUT2D eigenvalue weighted by molar-refractivity contribution is 0.433. The monoisotopic (exact) mass is 385 g/mol. The third-order valence-electron chi connectivity index (χ3n) is 5.73. The predicted molar refractivity (Wildman–Crippen MR) is 120 cm³/mol. The van der Waals surface area contributed by atoms with Crippen LogP contribution in [0.15, 0.2) is 59.8 Å². The summed E-state index contributed by atoms with van der Waals surface area (Å²) < 4.78 is 1.83. The molecular formula is C25H27N3O. The van der Waals surface area contributed by atoms with Gasteiger partial charge in [-0.05, 0) is 54.8 Å². The van der Waals surface area contributed by atoms with E-state index in [0.717, 1.165) is 58.8 Å². The minimum absolute atomic E-state index is 0.0596. The first kappa shape index (κ1) is 19.3. The molecule has 0 saturated heterocycles. The van der Waals surface area contributed by atoms with E-state index in [1.54, 1.807) is 6.33 Å². The number of hydrogen-bond acceptors (Lipinski definition) is 3. The summed E-state index contributed by atoms with van der Waals surface area (Å²) in [7, 11) is 0. The van der Waals surface area contributed by atoms with Gasteiger partial charge in [0.15, 0.2) is 0 Å². The summed E-state index contributed by atoms with van der Waals surface area (Å²) >= 11 is 0. The average Bonchev–Trinajstić information content (AvgIpc) is 2.75. The molecule has 4 aromatic rings. The number of aromatic nitrogens is 3. The summed E-state index contributed by atoms with van der Waals surface area (Å²) in [4.78, 5) is 22.6. The molecule has 148 valence electrons. The quantitative estimate of drug-likeness (QED) is 0.406. The van der Waals surface area contributed by atoms with Crippen LogP contribution in [0.5, 0.6) is 0 Å². The molecule has 0 aliphatic carbocycles. The van der Waals surface area contributed by atoms with Crippen molar-refractivity contribution in [1.82, 2.24) is 14.5 Å². The molecule has 0 bridgehead atoms. The maximum Gasteiger partial charge on any atom is 0.261 e. The first-order valence-corrected chi connectivity index (χ1v) is 10.4. The van der Waals surface area contributed by atoms with Gasteiger partial charge in [-0.2, -0.15) is 0 Å². The first-order chi connectivity index (χ1) is 14.1. The van der Waals surface area contributed by atoms with E-state index < -0.39 is 0 Å². The molecular weight excluding hydrogens is 358 g/mol. The highest BCUT2D eigenvalue weighted by atomic mass is 16.1. The fourth-order valence-corrected chi connectivity index (χ4v) is 4.15. The molecule has 4 rings (SSSR count). The van der Waals surface area contributed by atoms with Crippen molar-refractivity contribution in [3.63, 3.8) is 0 Å². The van der Waals surface area contributed by atoms with E-state index >= 15 is 0 Å². The summed E-state index contributed by atoms with van der Waals surface area (Å²) in [5.41, 5.74) is 4.13. The molecule has 2 heterocycles. The molecule has 1 unspecified atom stereocenters. The molecule has 4 nitrogen and oxygen atoms in total. The van der Waals surface area contributed by atoms with Gasteiger partial charge >= 0.3 is 0 Å². The number of fused-ring (bicyclic) bond motifs is 3. The Bertz CT molecular complexity index is 1210. The SMILES string of the molecule is CCCC(CC)n1cnc2c(cc(Cc3ccc(C)nc3)c3ccccc32)c1=O. The highest BCUT2D eigenvalue weighted by molar-refractivity contribution is 6.06. The van der Waals surface area contributed by atoms with Gasteiger partial charge in [0.05, 0.1) is 17.2 Å². The van der Waals surface area contributed by atoms with Gasteiger partial charge < -0.3 is 0 Å². The van der Waals surface area contributed by atoms with Crippen LogP contribution >= 0.6 is 0 Å². The zero-order valence-corrected chi connectivity index (χ0v) is 17.4. The van der Waals surface area contributed by atoms with Crippen molar-refractivity contribution in [1.29, 1.82) is 0 Å². The topological polar surface area (TPSA) is 47.8 Å². The zero-order valence-electron chi connectivity index (χ0n) is 17.4. The Hall–Kier alpha value is -3.01. The second-order valence-corrected chi connectivity index (χ2v) is 7.77. The van der Waals surface area contributed by atoms with E-state index in [4.69, 9.17) is 4.98 Å².